The van der Waals surface area contributed by atoms with Crippen LogP contribution >= 0.6 is 0 Å². The van der Waals surface area contributed by atoms with Crippen LogP contribution in [0.25, 0.3) is 22.5 Å². The van der Waals surface area contributed by atoms with Crippen LogP contribution in [0.5, 0.6) is 0 Å². The third kappa shape index (κ3) is 7.59. The number of imidazole rings is 1. The smallest absolute Gasteiger partial charge is 0.256 e. The first-order chi connectivity index (χ1) is 25.8. The fourth-order valence-electron chi connectivity index (χ4n) is 7.09. The van der Waals surface area contributed by atoms with E-state index in [-0.39, 0.29) is 11.8 Å². The summed E-state index contributed by atoms with van der Waals surface area (Å²) in [4.78, 5) is 63.4. The van der Waals surface area contributed by atoms with Crippen molar-refractivity contribution in [3.05, 3.63) is 127 Å². The van der Waals surface area contributed by atoms with Gasteiger partial charge in [-0.15, -0.1) is 0 Å². The number of amides is 4. The number of hydrogen-bond acceptors (Lipinski definition) is 7. The van der Waals surface area contributed by atoms with Crippen LogP contribution in [0.15, 0.2) is 116 Å². The molecule has 4 atom stereocenters. The quantitative estimate of drug-likeness (QED) is 0.135. The maximum atomic E-state index is 13.3. The second-order valence-corrected chi connectivity index (χ2v) is 13.3. The summed E-state index contributed by atoms with van der Waals surface area (Å²) < 4.78 is 0. The van der Waals surface area contributed by atoms with Crippen molar-refractivity contribution < 1.29 is 29.4 Å². The second kappa shape index (κ2) is 15.6. The van der Waals surface area contributed by atoms with Gasteiger partial charge < -0.3 is 35.6 Å². The number of carbonyl (C=O) groups excluding carboxylic acids is 4. The predicted molar refractivity (Wildman–Crippen MR) is 199 cm³/mol. The molecule has 0 unspecified atom stereocenters. The van der Waals surface area contributed by atoms with Crippen molar-refractivity contribution in [3.8, 4) is 22.5 Å². The molecular formula is C41H40N6O6. The Balaban J connectivity index is 0.969. The van der Waals surface area contributed by atoms with E-state index in [1.165, 1.54) is 9.80 Å². The molecule has 5 aromatic rings. The molecule has 4 aromatic carbocycles. The van der Waals surface area contributed by atoms with Crippen LogP contribution < -0.4 is 10.6 Å². The summed E-state index contributed by atoms with van der Waals surface area (Å²) in [5.41, 5.74) is 5.21. The van der Waals surface area contributed by atoms with E-state index in [0.717, 1.165) is 16.8 Å². The third-order valence-corrected chi connectivity index (χ3v) is 9.88. The highest BCUT2D eigenvalue weighted by molar-refractivity contribution is 5.99. The highest BCUT2D eigenvalue weighted by atomic mass is 16.3. The number of aliphatic hydroxyl groups excluding tert-OH is 2. The largest absolute Gasteiger partial charge is 0.378 e. The number of likely N-dealkylation sites (tertiary alicyclic amines) is 2. The first-order valence-electron chi connectivity index (χ1n) is 17.7. The molecule has 53 heavy (non-hydrogen) atoms. The molecule has 12 heteroatoms. The average Bonchev–Trinajstić information content (AvgIpc) is 4.00. The normalized spacial score (nSPS) is 18.0. The van der Waals surface area contributed by atoms with Gasteiger partial charge in [0.25, 0.3) is 11.8 Å². The molecule has 3 heterocycles. The summed E-state index contributed by atoms with van der Waals surface area (Å²) in [5, 5.41) is 27.2. The molecule has 0 spiro atoms. The first kappa shape index (κ1) is 35.3. The first-order valence-corrected chi connectivity index (χ1v) is 17.7. The van der Waals surface area contributed by atoms with E-state index < -0.39 is 36.1 Å². The van der Waals surface area contributed by atoms with Crippen molar-refractivity contribution in [2.24, 2.45) is 0 Å². The van der Waals surface area contributed by atoms with E-state index in [2.05, 4.69) is 20.6 Å². The fraction of sp³-hybridized carbons (Fsp3) is 0.244. The Bertz CT molecular complexity index is 1920. The van der Waals surface area contributed by atoms with Crippen molar-refractivity contribution in [1.29, 1.82) is 0 Å². The molecule has 0 aliphatic carbocycles. The summed E-state index contributed by atoms with van der Waals surface area (Å²) >= 11 is 0. The third-order valence-electron chi connectivity index (χ3n) is 9.88. The molecule has 2 aliphatic rings. The number of rotatable bonds is 10. The standard InChI is InChI=1S/C41H40N6O6/c48-36(28-9-3-1-4-10-28)40(52)46-23-7-13-32(46)38(50)44-30-19-15-26(16-20-30)34-35(43-25-42-34)27-17-21-31(22-18-27)45-39(51)33-14-8-24-47(33)41(53)37(49)29-11-5-2-6-12-29/h1-6,9-12,15-22,25,32-33,36-37,48-49H,7-8,13-14,23-24H2,(H,42,43)(H,44,50)(H,45,51)/t32-,33-,36-,37-/m0/s1. The molecule has 7 rings (SSSR count). The minimum atomic E-state index is -1.33. The highest BCUT2D eigenvalue weighted by Crippen LogP contribution is 2.32. The van der Waals surface area contributed by atoms with Gasteiger partial charge in [-0.3, -0.25) is 19.2 Å². The van der Waals surface area contributed by atoms with Crippen molar-refractivity contribution in [1.82, 2.24) is 19.8 Å². The van der Waals surface area contributed by atoms with Gasteiger partial charge in [0.1, 0.15) is 12.1 Å². The summed E-state index contributed by atoms with van der Waals surface area (Å²) in [6.07, 6.45) is 1.29. The lowest BCUT2D eigenvalue weighted by Gasteiger charge is -2.26. The minimum absolute atomic E-state index is 0.310. The van der Waals surface area contributed by atoms with Gasteiger partial charge >= 0.3 is 0 Å². The van der Waals surface area contributed by atoms with E-state index >= 15 is 0 Å². The Kier molecular flexibility index (Phi) is 10.4. The number of nitrogens with one attached hydrogen (secondary N) is 3. The molecule has 2 aliphatic heterocycles. The van der Waals surface area contributed by atoms with Crippen molar-refractivity contribution in [2.75, 3.05) is 23.7 Å². The SMILES string of the molecule is O=C(Nc1ccc(-c2nc[nH]c2-c2ccc(NC(=O)[C@@H]3CCCN3C(=O)[C@@H](O)c3ccccc3)cc2)cc1)[C@@H]1CCCN1C(=O)[C@@H](O)c1ccccc1. The van der Waals surface area contributed by atoms with Gasteiger partial charge in [-0.2, -0.15) is 0 Å². The van der Waals surface area contributed by atoms with Crippen LogP contribution in [-0.4, -0.2) is 78.8 Å². The maximum Gasteiger partial charge on any atom is 0.256 e. The summed E-state index contributed by atoms with van der Waals surface area (Å²) in [6, 6.07) is 30.6. The zero-order chi connectivity index (χ0) is 36.9. The van der Waals surface area contributed by atoms with Crippen molar-refractivity contribution in [2.45, 2.75) is 50.0 Å². The monoisotopic (exact) mass is 712 g/mol. The van der Waals surface area contributed by atoms with E-state index in [1.807, 2.05) is 36.4 Å². The van der Waals surface area contributed by atoms with Crippen LogP contribution in [0.1, 0.15) is 49.0 Å². The predicted octanol–water partition coefficient (Wildman–Crippen LogP) is 5.07. The van der Waals surface area contributed by atoms with Crippen LogP contribution in [0.4, 0.5) is 11.4 Å². The van der Waals surface area contributed by atoms with Crippen LogP contribution in [0.3, 0.4) is 0 Å². The number of nitrogens with zero attached hydrogens (tertiary/aromatic N) is 3. The molecule has 0 saturated carbocycles. The number of aromatic amines is 1. The number of carbonyl (C=O) groups is 4. The maximum absolute atomic E-state index is 13.3. The number of H-pyrrole nitrogens is 1. The Hall–Kier alpha value is -6.11. The molecule has 2 fully saturated rings. The van der Waals surface area contributed by atoms with Crippen molar-refractivity contribution >= 4 is 35.0 Å². The summed E-state index contributed by atoms with van der Waals surface area (Å²) in [6.45, 7) is 0.797. The minimum Gasteiger partial charge on any atom is -0.378 e. The molecule has 270 valence electrons. The lowest BCUT2D eigenvalue weighted by Crippen LogP contribution is -2.45. The Morgan fingerprint density at radius 1 is 0.623 bits per heavy atom. The molecule has 5 N–H and O–H groups in total. The van der Waals surface area contributed by atoms with Gasteiger partial charge in [-0.1, -0.05) is 84.9 Å². The number of benzene rings is 4. The van der Waals surface area contributed by atoms with Gasteiger partial charge in [-0.25, -0.2) is 4.98 Å². The van der Waals surface area contributed by atoms with E-state index in [9.17, 15) is 29.4 Å². The molecule has 1 aromatic heterocycles. The van der Waals surface area contributed by atoms with Gasteiger partial charge in [0.15, 0.2) is 12.2 Å². The topological polar surface area (TPSA) is 168 Å². The molecular weight excluding hydrogens is 672 g/mol. The second-order valence-electron chi connectivity index (χ2n) is 13.3. The zero-order valence-corrected chi connectivity index (χ0v) is 28.9. The highest BCUT2D eigenvalue weighted by Gasteiger charge is 2.38. The van der Waals surface area contributed by atoms with E-state index in [0.29, 0.717) is 67.0 Å². The Labute approximate surface area is 306 Å². The van der Waals surface area contributed by atoms with Gasteiger partial charge in [0, 0.05) is 35.6 Å². The number of hydrogen-bond donors (Lipinski definition) is 5. The molecule has 2 saturated heterocycles. The number of anilines is 2. The van der Waals surface area contributed by atoms with Crippen LogP contribution in [-0.2, 0) is 19.2 Å². The van der Waals surface area contributed by atoms with Crippen LogP contribution in [0.2, 0.25) is 0 Å². The average molecular weight is 713 g/mol. The van der Waals surface area contributed by atoms with Crippen LogP contribution in [0, 0.1) is 0 Å². The van der Waals surface area contributed by atoms with Gasteiger partial charge in [-0.05, 0) is 61.1 Å². The molecule has 12 nitrogen and oxygen atoms in total. The lowest BCUT2D eigenvalue weighted by molar-refractivity contribution is -0.144. The van der Waals surface area contributed by atoms with E-state index in [4.69, 9.17) is 0 Å². The Morgan fingerprint density at radius 3 is 1.51 bits per heavy atom. The summed E-state index contributed by atoms with van der Waals surface area (Å²) in [7, 11) is 0. The lowest BCUT2D eigenvalue weighted by atomic mass is 10.0. The summed E-state index contributed by atoms with van der Waals surface area (Å²) in [5.74, 6) is -1.60. The van der Waals surface area contributed by atoms with Gasteiger partial charge in [0.05, 0.1) is 17.7 Å². The molecule has 0 bridgehead atoms. The van der Waals surface area contributed by atoms with Gasteiger partial charge in [0.2, 0.25) is 11.8 Å². The Morgan fingerprint density at radius 2 is 1.06 bits per heavy atom. The van der Waals surface area contributed by atoms with Crippen molar-refractivity contribution in [3.63, 3.8) is 0 Å². The van der Waals surface area contributed by atoms with E-state index in [1.54, 1.807) is 79.1 Å². The molecule has 0 radical (unpaired) electrons. The fourth-order valence-corrected chi connectivity index (χ4v) is 7.09. The molecule has 4 amide bonds. The zero-order valence-electron chi connectivity index (χ0n) is 28.9. The number of aromatic nitrogens is 2. The number of aliphatic hydroxyl groups is 2.